The molecule has 0 spiro atoms. The highest BCUT2D eigenvalue weighted by Crippen LogP contribution is 2.33. The molecule has 3 heterocycles. The number of carbonyl (C=O) groups is 3. The maximum absolute atomic E-state index is 13.1. The molecular formula is C23H30N4O3. The second-order valence-corrected chi connectivity index (χ2v) is 9.13. The number of fused-ring (bicyclic) bond motifs is 2. The first-order chi connectivity index (χ1) is 14.6. The zero-order chi connectivity index (χ0) is 20.7. The lowest BCUT2D eigenvalue weighted by atomic mass is 9.83. The summed E-state index contributed by atoms with van der Waals surface area (Å²) in [6, 6.07) is 6.03. The molecule has 7 heteroatoms. The van der Waals surface area contributed by atoms with Crippen LogP contribution in [0.5, 0.6) is 0 Å². The average Bonchev–Trinajstić information content (AvgIpc) is 2.94. The zero-order valence-corrected chi connectivity index (χ0v) is 17.4. The number of imide groups is 1. The molecule has 3 fully saturated rings. The van der Waals surface area contributed by atoms with E-state index in [0.29, 0.717) is 30.5 Å². The molecule has 1 aromatic carbocycles. The Morgan fingerprint density at radius 3 is 2.80 bits per heavy atom. The molecule has 3 aliphatic heterocycles. The number of amides is 3. The SMILES string of the molecule is O=C1CCC(N2Cc3c(CN4CCNCC5CCCCC54)cccc3C2=O)C(=O)N1. The molecule has 4 aliphatic rings. The van der Waals surface area contributed by atoms with E-state index in [2.05, 4.69) is 21.6 Å². The highest BCUT2D eigenvalue weighted by Gasteiger charge is 2.40. The first-order valence-corrected chi connectivity index (χ1v) is 11.3. The number of benzene rings is 1. The Hall–Kier alpha value is -2.25. The average molecular weight is 411 g/mol. The van der Waals surface area contributed by atoms with Gasteiger partial charge in [0.1, 0.15) is 6.04 Å². The maximum Gasteiger partial charge on any atom is 0.255 e. The van der Waals surface area contributed by atoms with Crippen LogP contribution in [0.2, 0.25) is 0 Å². The molecule has 3 amide bonds. The first-order valence-electron chi connectivity index (χ1n) is 11.3. The quantitative estimate of drug-likeness (QED) is 0.737. The smallest absolute Gasteiger partial charge is 0.255 e. The van der Waals surface area contributed by atoms with Crippen LogP contribution in [0.4, 0.5) is 0 Å². The normalized spacial score (nSPS) is 29.9. The maximum atomic E-state index is 13.1. The van der Waals surface area contributed by atoms with Crippen LogP contribution in [0.25, 0.3) is 0 Å². The molecule has 2 N–H and O–H groups in total. The predicted molar refractivity (Wildman–Crippen MR) is 112 cm³/mol. The topological polar surface area (TPSA) is 81.8 Å². The Kier molecular flexibility index (Phi) is 5.33. The van der Waals surface area contributed by atoms with Crippen LogP contribution in [-0.4, -0.2) is 59.2 Å². The van der Waals surface area contributed by atoms with Crippen LogP contribution in [-0.2, 0) is 22.7 Å². The highest BCUT2D eigenvalue weighted by molar-refractivity contribution is 6.05. The summed E-state index contributed by atoms with van der Waals surface area (Å²) in [4.78, 5) is 41.2. The van der Waals surface area contributed by atoms with Crippen LogP contribution in [0.3, 0.4) is 0 Å². The van der Waals surface area contributed by atoms with Gasteiger partial charge in [0.15, 0.2) is 0 Å². The van der Waals surface area contributed by atoms with Crippen LogP contribution in [0, 0.1) is 5.92 Å². The molecule has 0 bridgehead atoms. The fourth-order valence-corrected chi connectivity index (χ4v) is 5.80. The summed E-state index contributed by atoms with van der Waals surface area (Å²) in [6.07, 6.45) is 5.86. The second kappa shape index (κ2) is 8.12. The van der Waals surface area contributed by atoms with Crippen molar-refractivity contribution >= 4 is 17.7 Å². The van der Waals surface area contributed by atoms with Crippen molar-refractivity contribution in [2.75, 3.05) is 19.6 Å². The molecule has 3 atom stereocenters. The number of nitrogens with zero attached hydrogens (tertiary/aromatic N) is 2. The molecule has 1 saturated carbocycles. The van der Waals surface area contributed by atoms with E-state index in [0.717, 1.165) is 31.7 Å². The molecule has 160 valence electrons. The fraction of sp³-hybridized carbons (Fsp3) is 0.609. The van der Waals surface area contributed by atoms with Crippen molar-refractivity contribution < 1.29 is 14.4 Å². The molecule has 30 heavy (non-hydrogen) atoms. The van der Waals surface area contributed by atoms with Gasteiger partial charge in [-0.2, -0.15) is 0 Å². The lowest BCUT2D eigenvalue weighted by Gasteiger charge is -2.38. The summed E-state index contributed by atoms with van der Waals surface area (Å²) in [7, 11) is 0. The number of nitrogens with one attached hydrogen (secondary N) is 2. The van der Waals surface area contributed by atoms with Crippen LogP contribution in [0.1, 0.15) is 60.0 Å². The van der Waals surface area contributed by atoms with E-state index in [9.17, 15) is 14.4 Å². The third-order valence-electron chi connectivity index (χ3n) is 7.37. The van der Waals surface area contributed by atoms with Gasteiger partial charge in [-0.25, -0.2) is 0 Å². The van der Waals surface area contributed by atoms with Gasteiger partial charge < -0.3 is 10.2 Å². The molecule has 3 unspecified atom stereocenters. The van der Waals surface area contributed by atoms with E-state index >= 15 is 0 Å². The molecular weight excluding hydrogens is 380 g/mol. The van der Waals surface area contributed by atoms with Gasteiger partial charge in [-0.05, 0) is 48.9 Å². The van der Waals surface area contributed by atoms with Crippen LogP contribution >= 0.6 is 0 Å². The third kappa shape index (κ3) is 3.54. The van der Waals surface area contributed by atoms with Crippen molar-refractivity contribution in [2.45, 2.75) is 63.7 Å². The van der Waals surface area contributed by atoms with Gasteiger partial charge in [-0.3, -0.25) is 24.6 Å². The number of hydrogen-bond acceptors (Lipinski definition) is 5. The lowest BCUT2D eigenvalue weighted by molar-refractivity contribution is -0.136. The minimum atomic E-state index is -0.555. The standard InChI is InChI=1S/C23H30N4O3/c28-21-9-8-20(22(29)25-21)27-14-18-16(5-3-6-17(18)23(27)30)13-26-11-10-24-12-15-4-1-2-7-19(15)26/h3,5-6,15,19-20,24H,1-2,4,7-14H2,(H,25,28,29). The van der Waals surface area contributed by atoms with E-state index in [1.165, 1.54) is 31.2 Å². The van der Waals surface area contributed by atoms with E-state index in [1.807, 2.05) is 12.1 Å². The molecule has 1 aromatic rings. The van der Waals surface area contributed by atoms with Crippen molar-refractivity contribution in [3.63, 3.8) is 0 Å². The van der Waals surface area contributed by atoms with Gasteiger partial charge in [0, 0.05) is 44.2 Å². The molecule has 7 nitrogen and oxygen atoms in total. The Labute approximate surface area is 177 Å². The number of hydrogen-bond donors (Lipinski definition) is 2. The molecule has 2 saturated heterocycles. The van der Waals surface area contributed by atoms with Crippen molar-refractivity contribution in [1.82, 2.24) is 20.4 Å². The Morgan fingerprint density at radius 2 is 1.93 bits per heavy atom. The van der Waals surface area contributed by atoms with Crippen LogP contribution in [0.15, 0.2) is 18.2 Å². The van der Waals surface area contributed by atoms with Gasteiger partial charge in [-0.1, -0.05) is 25.0 Å². The van der Waals surface area contributed by atoms with E-state index < -0.39 is 6.04 Å². The van der Waals surface area contributed by atoms with Gasteiger partial charge in [0.05, 0.1) is 0 Å². The fourth-order valence-electron chi connectivity index (χ4n) is 5.80. The Bertz CT molecular complexity index is 870. The zero-order valence-electron chi connectivity index (χ0n) is 17.4. The van der Waals surface area contributed by atoms with Gasteiger partial charge in [0.2, 0.25) is 11.8 Å². The van der Waals surface area contributed by atoms with E-state index in [4.69, 9.17) is 0 Å². The summed E-state index contributed by atoms with van der Waals surface area (Å²) in [6.45, 7) is 4.44. The van der Waals surface area contributed by atoms with Crippen molar-refractivity contribution in [3.8, 4) is 0 Å². The lowest BCUT2D eigenvalue weighted by Crippen LogP contribution is -2.52. The number of carbonyl (C=O) groups excluding carboxylic acids is 3. The predicted octanol–water partition coefficient (Wildman–Crippen LogP) is 1.41. The largest absolute Gasteiger partial charge is 0.322 e. The Morgan fingerprint density at radius 1 is 1.07 bits per heavy atom. The van der Waals surface area contributed by atoms with Crippen molar-refractivity contribution in [1.29, 1.82) is 0 Å². The van der Waals surface area contributed by atoms with E-state index in [1.54, 1.807) is 4.90 Å². The third-order valence-corrected chi connectivity index (χ3v) is 7.37. The van der Waals surface area contributed by atoms with E-state index in [-0.39, 0.29) is 24.1 Å². The minimum Gasteiger partial charge on any atom is -0.322 e. The Balaban J connectivity index is 1.38. The molecule has 1 aliphatic carbocycles. The van der Waals surface area contributed by atoms with Crippen molar-refractivity contribution in [2.24, 2.45) is 5.92 Å². The van der Waals surface area contributed by atoms with Gasteiger partial charge in [0.25, 0.3) is 5.91 Å². The second-order valence-electron chi connectivity index (χ2n) is 9.13. The number of piperidine rings is 1. The first kappa shape index (κ1) is 19.7. The molecule has 0 aromatic heterocycles. The highest BCUT2D eigenvalue weighted by atomic mass is 16.2. The summed E-state index contributed by atoms with van der Waals surface area (Å²) in [5, 5.41) is 5.99. The number of rotatable bonds is 3. The summed E-state index contributed by atoms with van der Waals surface area (Å²) < 4.78 is 0. The summed E-state index contributed by atoms with van der Waals surface area (Å²) in [5.41, 5.74) is 2.96. The van der Waals surface area contributed by atoms with Gasteiger partial charge >= 0.3 is 0 Å². The minimum absolute atomic E-state index is 0.0885. The van der Waals surface area contributed by atoms with Gasteiger partial charge in [-0.15, -0.1) is 0 Å². The molecule has 0 radical (unpaired) electrons. The summed E-state index contributed by atoms with van der Waals surface area (Å²) >= 11 is 0. The molecule has 5 rings (SSSR count). The van der Waals surface area contributed by atoms with Crippen LogP contribution < -0.4 is 10.6 Å². The monoisotopic (exact) mass is 410 g/mol. The van der Waals surface area contributed by atoms with Crippen molar-refractivity contribution in [3.05, 3.63) is 34.9 Å². The summed E-state index contributed by atoms with van der Waals surface area (Å²) in [5.74, 6) is 0.0181.